The Kier molecular flexibility index (Phi) is 13.7. The molecule has 23 heavy (non-hydrogen) atoms. The summed E-state index contributed by atoms with van der Waals surface area (Å²) in [7, 11) is -3.85. The molecular formula is C15H42O4Si4. The quantitative estimate of drug-likeness (QED) is 0.391. The van der Waals surface area contributed by atoms with E-state index in [1.807, 2.05) is 6.92 Å². The van der Waals surface area contributed by atoms with Crippen molar-refractivity contribution >= 4 is 34.2 Å². The van der Waals surface area contributed by atoms with Crippen LogP contribution in [0.1, 0.15) is 13.3 Å². The summed E-state index contributed by atoms with van der Waals surface area (Å²) in [6.07, 6.45) is 1.06. The van der Waals surface area contributed by atoms with E-state index in [1.54, 1.807) is 7.11 Å². The molecule has 0 saturated carbocycles. The van der Waals surface area contributed by atoms with Crippen molar-refractivity contribution in [1.82, 2.24) is 0 Å². The monoisotopic (exact) mass is 398 g/mol. The van der Waals surface area contributed by atoms with Crippen molar-refractivity contribution in [2.45, 2.75) is 78.3 Å². The van der Waals surface area contributed by atoms with Crippen LogP contribution in [-0.2, 0) is 17.4 Å². The van der Waals surface area contributed by atoms with Gasteiger partial charge in [0.05, 0.1) is 0 Å². The molecule has 1 unspecified atom stereocenters. The van der Waals surface area contributed by atoms with E-state index in [0.29, 0.717) is 0 Å². The Labute approximate surface area is 150 Å². The number of ether oxygens (including phenoxy) is 1. The van der Waals surface area contributed by atoms with Gasteiger partial charge in [-0.1, -0.05) is 0 Å². The number of rotatable bonds is 10. The maximum absolute atomic E-state index is 6.35. The van der Waals surface area contributed by atoms with Crippen molar-refractivity contribution in [3.8, 4) is 0 Å². The lowest BCUT2D eigenvalue weighted by atomic mass is 10.5. The van der Waals surface area contributed by atoms with Gasteiger partial charge in [0.15, 0.2) is 25.7 Å². The zero-order chi connectivity index (χ0) is 18.7. The Hall–Kier alpha value is 0.708. The molecule has 4 nitrogen and oxygen atoms in total. The Bertz CT molecular complexity index is 290. The molecule has 142 valence electrons. The molecule has 0 rings (SSSR count). The van der Waals surface area contributed by atoms with E-state index in [9.17, 15) is 0 Å². The topological polar surface area (TPSA) is 36.9 Å². The van der Waals surface area contributed by atoms with Crippen molar-refractivity contribution in [3.63, 3.8) is 0 Å². The molecule has 0 spiro atoms. The summed E-state index contributed by atoms with van der Waals surface area (Å²) < 4.78 is 23.1. The summed E-state index contributed by atoms with van der Waals surface area (Å²) in [5.41, 5.74) is 0. The highest BCUT2D eigenvalue weighted by Gasteiger charge is 2.36. The molecule has 0 aromatic rings. The van der Waals surface area contributed by atoms with E-state index in [-0.39, 0.29) is 0 Å². The van der Waals surface area contributed by atoms with E-state index in [1.165, 1.54) is 0 Å². The molecule has 1 atom stereocenters. The highest BCUT2D eigenvalue weighted by atomic mass is 28.5. The first-order valence-corrected chi connectivity index (χ1v) is 20.9. The molecule has 0 saturated heterocycles. The van der Waals surface area contributed by atoms with Crippen molar-refractivity contribution in [3.05, 3.63) is 0 Å². The molecular weight excluding hydrogens is 357 g/mol. The molecule has 0 N–H and O–H groups in total. The molecule has 0 fully saturated rings. The predicted molar refractivity (Wildman–Crippen MR) is 112 cm³/mol. The number of hydrogen-bond acceptors (Lipinski definition) is 4. The summed E-state index contributed by atoms with van der Waals surface area (Å²) in [6.45, 7) is 23.5. The molecule has 0 aliphatic heterocycles. The van der Waals surface area contributed by atoms with Gasteiger partial charge in [0.25, 0.3) is 0 Å². The zero-order valence-electron chi connectivity index (χ0n) is 17.5. The van der Waals surface area contributed by atoms with Crippen LogP contribution in [0.5, 0.6) is 0 Å². The lowest BCUT2D eigenvalue weighted by Crippen LogP contribution is -2.49. The highest BCUT2D eigenvalue weighted by Crippen LogP contribution is 2.22. The van der Waals surface area contributed by atoms with Crippen LogP contribution in [0.15, 0.2) is 0 Å². The second-order valence-corrected chi connectivity index (χ2v) is 23.6. The molecule has 0 amide bonds. The largest absolute Gasteiger partial charge is 0.439 e. The summed E-state index contributed by atoms with van der Waals surface area (Å²) in [6, 6.07) is 1.06. The minimum atomic E-state index is -1.95. The third-order valence-electron chi connectivity index (χ3n) is 2.74. The van der Waals surface area contributed by atoms with Crippen molar-refractivity contribution in [1.29, 1.82) is 0 Å². The zero-order valence-corrected chi connectivity index (χ0v) is 21.7. The third-order valence-corrected chi connectivity index (χ3v) is 13.3. The molecule has 0 bridgehead atoms. The van der Waals surface area contributed by atoms with Gasteiger partial charge in [-0.3, -0.25) is 0 Å². The predicted octanol–water partition coefficient (Wildman–Crippen LogP) is 4.80. The Morgan fingerprint density at radius 3 is 1.65 bits per heavy atom. The van der Waals surface area contributed by atoms with Crippen LogP contribution in [0.3, 0.4) is 0 Å². The maximum Gasteiger partial charge on any atom is 0.314 e. The first kappa shape index (κ1) is 25.9. The van der Waals surface area contributed by atoms with E-state index >= 15 is 0 Å². The molecule has 0 aliphatic rings. The van der Waals surface area contributed by atoms with Crippen LogP contribution in [-0.4, -0.2) is 54.6 Å². The highest BCUT2D eigenvalue weighted by molar-refractivity contribution is 6.84. The van der Waals surface area contributed by atoms with Gasteiger partial charge in [-0.15, -0.1) is 0 Å². The van der Waals surface area contributed by atoms with Gasteiger partial charge in [-0.25, -0.2) is 0 Å². The van der Waals surface area contributed by atoms with Crippen LogP contribution in [0.25, 0.3) is 0 Å². The van der Waals surface area contributed by atoms with Gasteiger partial charge in [-0.05, 0) is 78.3 Å². The van der Waals surface area contributed by atoms with Gasteiger partial charge < -0.3 is 17.4 Å². The summed E-state index contributed by atoms with van der Waals surface area (Å²) in [4.78, 5) is 0. The maximum atomic E-state index is 6.35. The van der Waals surface area contributed by atoms with Crippen molar-refractivity contribution < 1.29 is 17.4 Å². The second kappa shape index (κ2) is 12.1. The average molecular weight is 399 g/mol. The smallest absolute Gasteiger partial charge is 0.314 e. The van der Waals surface area contributed by atoms with Crippen molar-refractivity contribution in [2.24, 2.45) is 0 Å². The van der Waals surface area contributed by atoms with E-state index in [2.05, 4.69) is 58.9 Å². The van der Waals surface area contributed by atoms with Gasteiger partial charge in [0.2, 0.25) is 0 Å². The minimum Gasteiger partial charge on any atom is -0.439 e. The molecule has 0 radical (unpaired) electrons. The molecule has 0 heterocycles. The van der Waals surface area contributed by atoms with Gasteiger partial charge in [0.1, 0.15) is 0 Å². The average Bonchev–Trinajstić information content (AvgIpc) is 2.31. The van der Waals surface area contributed by atoms with Gasteiger partial charge in [-0.2, -0.15) is 0 Å². The molecule has 8 heteroatoms. The van der Waals surface area contributed by atoms with Crippen LogP contribution < -0.4 is 0 Å². The summed E-state index contributed by atoms with van der Waals surface area (Å²) in [5, 5.41) is 0. The Balaban J connectivity index is 0. The van der Waals surface area contributed by atoms with E-state index in [0.717, 1.165) is 25.7 Å². The minimum absolute atomic E-state index is 0.799. The Morgan fingerprint density at radius 1 is 0.870 bits per heavy atom. The van der Waals surface area contributed by atoms with Crippen LogP contribution in [0.2, 0.25) is 65.0 Å². The summed E-state index contributed by atoms with van der Waals surface area (Å²) in [5.74, 6) is 0. The fourth-order valence-electron chi connectivity index (χ4n) is 1.92. The molecule has 0 aliphatic carbocycles. The normalized spacial score (nSPS) is 15.1. The SMILES string of the molecule is CCOCCC[Si](C)(O[SiH](C)C)O[Si](C)(C)C.CO[Si](C)(C)C. The lowest BCUT2D eigenvalue weighted by molar-refractivity contribution is 0.146. The van der Waals surface area contributed by atoms with Gasteiger partial charge in [0, 0.05) is 20.3 Å². The van der Waals surface area contributed by atoms with E-state index < -0.39 is 34.2 Å². The standard InChI is InChI=1S/C11H30O3Si3.C4H12OSi/c1-8-12-10-9-11-17(7,13-15(2)3)14-16(4,5)6;1-5-6(2,3)4/h15H,8-11H2,1-7H3;1-4H3. The lowest BCUT2D eigenvalue weighted by Gasteiger charge is -2.35. The second-order valence-electron chi connectivity index (χ2n) is 8.13. The number of hydrogen-bond donors (Lipinski definition) is 0. The Morgan fingerprint density at radius 2 is 1.35 bits per heavy atom. The molecule has 0 aromatic heterocycles. The third kappa shape index (κ3) is 20.7. The first-order chi connectivity index (χ1) is 10.2. The van der Waals surface area contributed by atoms with Crippen LogP contribution in [0.4, 0.5) is 0 Å². The van der Waals surface area contributed by atoms with Crippen molar-refractivity contribution in [2.75, 3.05) is 20.3 Å². The fraction of sp³-hybridized carbons (Fsp3) is 1.00. The fourth-order valence-corrected chi connectivity index (χ4v) is 13.4. The van der Waals surface area contributed by atoms with E-state index in [4.69, 9.17) is 17.4 Å². The summed E-state index contributed by atoms with van der Waals surface area (Å²) >= 11 is 0. The molecule has 0 aromatic carbocycles. The first-order valence-electron chi connectivity index (χ1n) is 8.75. The van der Waals surface area contributed by atoms with Crippen LogP contribution in [0, 0.1) is 0 Å². The van der Waals surface area contributed by atoms with Crippen LogP contribution >= 0.6 is 0 Å². The van der Waals surface area contributed by atoms with Gasteiger partial charge >= 0.3 is 8.56 Å².